The van der Waals surface area contributed by atoms with Gasteiger partial charge in [0.15, 0.2) is 16.6 Å². The van der Waals surface area contributed by atoms with Gasteiger partial charge < -0.3 is 24.2 Å². The first-order chi connectivity index (χ1) is 24.2. The highest BCUT2D eigenvalue weighted by atomic mass is 28.4. The molecule has 0 saturated carbocycles. The standard InChI is InChI=1S/C44H76N2O5Si2/c1-19-20-24-32(3)40(49-42(45)48)36(7)41(51-53(17,18)44(11,12)13)35(6)30-31(2)29-34(5)39(50-52(15,16)43(8,9)10)33(4)27-28-38(47)46(14)37-25-22-21-23-26-37/h19-29,32-36,39-41H,1,30H2,2-18H3,(H2,45,48)/b24-20-,28-27-,31-29-/t32-,33-,34-,35?,36?,39-,40?,41?/m0/s1. The van der Waals surface area contributed by atoms with Gasteiger partial charge in [-0.15, -0.1) is 0 Å². The van der Waals surface area contributed by atoms with Gasteiger partial charge in [0.05, 0.1) is 12.2 Å². The zero-order valence-electron chi connectivity index (χ0n) is 36.4. The first-order valence-corrected chi connectivity index (χ1v) is 25.3. The van der Waals surface area contributed by atoms with Gasteiger partial charge in [-0.25, -0.2) is 4.79 Å². The number of rotatable bonds is 19. The molecule has 0 fully saturated rings. The third-order valence-corrected chi connectivity index (χ3v) is 20.6. The van der Waals surface area contributed by atoms with Crippen molar-refractivity contribution in [3.8, 4) is 0 Å². The molecule has 8 atom stereocenters. The van der Waals surface area contributed by atoms with Gasteiger partial charge in [-0.2, -0.15) is 0 Å². The Morgan fingerprint density at radius 3 is 1.77 bits per heavy atom. The van der Waals surface area contributed by atoms with Crippen molar-refractivity contribution in [1.29, 1.82) is 0 Å². The molecule has 300 valence electrons. The van der Waals surface area contributed by atoms with Gasteiger partial charge in [0, 0.05) is 30.5 Å². The maximum Gasteiger partial charge on any atom is 0.404 e. The van der Waals surface area contributed by atoms with Crippen LogP contribution in [0.3, 0.4) is 0 Å². The molecule has 4 unspecified atom stereocenters. The van der Waals surface area contributed by atoms with E-state index in [4.69, 9.17) is 19.3 Å². The fourth-order valence-corrected chi connectivity index (χ4v) is 9.26. The number of benzene rings is 1. The van der Waals surface area contributed by atoms with Crippen LogP contribution < -0.4 is 10.6 Å². The van der Waals surface area contributed by atoms with Crippen LogP contribution in [0.4, 0.5) is 10.5 Å². The van der Waals surface area contributed by atoms with Crippen LogP contribution in [-0.2, 0) is 18.4 Å². The number of hydrogen-bond acceptors (Lipinski definition) is 5. The van der Waals surface area contributed by atoms with Gasteiger partial charge in [0.25, 0.3) is 0 Å². The summed E-state index contributed by atoms with van der Waals surface area (Å²) in [6.45, 7) is 39.4. The molecule has 0 radical (unpaired) electrons. The number of likely N-dealkylation sites (N-methyl/N-ethyl adjacent to an activating group) is 1. The number of primary amides is 1. The molecule has 0 aliphatic heterocycles. The maximum absolute atomic E-state index is 13.2. The zero-order valence-corrected chi connectivity index (χ0v) is 38.4. The molecule has 7 nitrogen and oxygen atoms in total. The summed E-state index contributed by atoms with van der Waals surface area (Å²) >= 11 is 0. The number of nitrogens with zero attached hydrogens (tertiary/aromatic N) is 1. The van der Waals surface area contributed by atoms with Crippen LogP contribution >= 0.6 is 0 Å². The Hall–Kier alpha value is -2.73. The van der Waals surface area contributed by atoms with Crippen molar-refractivity contribution >= 4 is 34.3 Å². The number of nitrogens with two attached hydrogens (primary N) is 1. The monoisotopic (exact) mass is 769 g/mol. The van der Waals surface area contributed by atoms with E-state index in [0.29, 0.717) is 0 Å². The van der Waals surface area contributed by atoms with Crippen molar-refractivity contribution in [3.63, 3.8) is 0 Å². The fourth-order valence-electron chi connectivity index (χ4n) is 6.32. The summed E-state index contributed by atoms with van der Waals surface area (Å²) in [6, 6.07) is 9.68. The number of hydrogen-bond donors (Lipinski definition) is 1. The third kappa shape index (κ3) is 14.8. The van der Waals surface area contributed by atoms with Crippen LogP contribution in [0.2, 0.25) is 36.3 Å². The molecule has 2 amide bonds. The molecule has 0 heterocycles. The van der Waals surface area contributed by atoms with Gasteiger partial charge in [-0.1, -0.05) is 137 Å². The van der Waals surface area contributed by atoms with Crippen molar-refractivity contribution in [1.82, 2.24) is 0 Å². The molecular weight excluding hydrogens is 693 g/mol. The number of allylic oxidation sites excluding steroid dienone is 3. The highest BCUT2D eigenvalue weighted by molar-refractivity contribution is 6.74. The number of ether oxygens (including phenoxy) is 1. The highest BCUT2D eigenvalue weighted by Gasteiger charge is 2.44. The van der Waals surface area contributed by atoms with Crippen molar-refractivity contribution in [2.75, 3.05) is 11.9 Å². The Morgan fingerprint density at radius 1 is 0.811 bits per heavy atom. The molecule has 9 heteroatoms. The minimum Gasteiger partial charge on any atom is -0.445 e. The van der Waals surface area contributed by atoms with Gasteiger partial charge >= 0.3 is 6.09 Å². The second kappa shape index (κ2) is 20.3. The average Bonchev–Trinajstić information content (AvgIpc) is 3.04. The smallest absolute Gasteiger partial charge is 0.404 e. The first-order valence-electron chi connectivity index (χ1n) is 19.5. The molecule has 0 spiro atoms. The summed E-state index contributed by atoms with van der Waals surface area (Å²) in [6.07, 6.45) is 10.9. The van der Waals surface area contributed by atoms with E-state index >= 15 is 0 Å². The van der Waals surface area contributed by atoms with Crippen LogP contribution in [0, 0.1) is 29.6 Å². The lowest BCUT2D eigenvalue weighted by molar-refractivity contribution is -0.113. The predicted molar refractivity (Wildman–Crippen MR) is 231 cm³/mol. The average molecular weight is 769 g/mol. The Labute approximate surface area is 326 Å². The van der Waals surface area contributed by atoms with E-state index in [2.05, 4.69) is 115 Å². The van der Waals surface area contributed by atoms with E-state index in [1.165, 1.54) is 5.57 Å². The number of para-hydroxylation sites is 1. The van der Waals surface area contributed by atoms with Crippen molar-refractivity contribution in [3.05, 3.63) is 78.9 Å². The van der Waals surface area contributed by atoms with E-state index in [1.54, 1.807) is 24.1 Å². The van der Waals surface area contributed by atoms with E-state index in [-0.39, 0.29) is 57.8 Å². The Balaban J connectivity index is 3.55. The number of anilines is 1. The Kier molecular flexibility index (Phi) is 18.5. The van der Waals surface area contributed by atoms with E-state index < -0.39 is 28.8 Å². The van der Waals surface area contributed by atoms with Gasteiger partial charge in [0.2, 0.25) is 5.91 Å². The van der Waals surface area contributed by atoms with E-state index in [9.17, 15) is 9.59 Å². The molecule has 0 bridgehead atoms. The van der Waals surface area contributed by atoms with Crippen molar-refractivity contribution in [2.24, 2.45) is 35.3 Å². The van der Waals surface area contributed by atoms with Gasteiger partial charge in [-0.05, 0) is 79.7 Å². The molecule has 0 aliphatic rings. The number of carbonyl (C=O) groups excluding carboxylic acids is 2. The normalized spacial score (nSPS) is 18.2. The first kappa shape index (κ1) is 48.3. The summed E-state index contributed by atoms with van der Waals surface area (Å²) in [5.41, 5.74) is 7.72. The molecule has 0 aliphatic carbocycles. The Morgan fingerprint density at radius 2 is 1.30 bits per heavy atom. The highest BCUT2D eigenvalue weighted by Crippen LogP contribution is 2.42. The lowest BCUT2D eigenvalue weighted by Gasteiger charge is -2.45. The molecule has 1 aromatic rings. The summed E-state index contributed by atoms with van der Waals surface area (Å²) in [5.74, 6) is -0.123. The molecule has 0 saturated heterocycles. The summed E-state index contributed by atoms with van der Waals surface area (Å²) in [5, 5.41) is 0.0186. The van der Waals surface area contributed by atoms with Crippen LogP contribution in [0.15, 0.2) is 78.9 Å². The topological polar surface area (TPSA) is 91.1 Å². The SMILES string of the molecule is C=C/C=C\[C@H](C)C(OC(N)=O)C(C)C(O[Si](C)(C)C(C)(C)C)C(C)C/C(C)=C\[C@H](C)[C@@H](O[Si](C)(C)C(C)(C)C)[C@@H](C)/C=C\C(=O)N(C)c1ccccc1. The molecule has 1 aromatic carbocycles. The lowest BCUT2D eigenvalue weighted by Crippen LogP contribution is -2.50. The van der Waals surface area contributed by atoms with Crippen molar-refractivity contribution in [2.45, 2.75) is 144 Å². The molecular formula is C44H76N2O5Si2. The number of carbonyl (C=O) groups is 2. The minimum atomic E-state index is -2.23. The van der Waals surface area contributed by atoms with Gasteiger partial charge in [-0.3, -0.25) is 4.79 Å². The quantitative estimate of drug-likeness (QED) is 0.0655. The zero-order chi connectivity index (χ0) is 41.1. The fraction of sp³-hybridized carbons (Fsp3) is 0.636. The molecule has 0 aromatic heterocycles. The van der Waals surface area contributed by atoms with Crippen LogP contribution in [0.25, 0.3) is 0 Å². The van der Waals surface area contributed by atoms with E-state index in [1.807, 2.05) is 55.5 Å². The van der Waals surface area contributed by atoms with E-state index in [0.717, 1.165) is 12.1 Å². The summed E-state index contributed by atoms with van der Waals surface area (Å²) in [4.78, 5) is 27.0. The van der Waals surface area contributed by atoms with Gasteiger partial charge in [0.1, 0.15) is 6.10 Å². The largest absolute Gasteiger partial charge is 0.445 e. The van der Waals surface area contributed by atoms with Crippen LogP contribution in [0.1, 0.15) is 89.5 Å². The molecule has 2 N–H and O–H groups in total. The second-order valence-corrected chi connectivity index (χ2v) is 27.9. The summed E-state index contributed by atoms with van der Waals surface area (Å²) < 4.78 is 20.2. The van der Waals surface area contributed by atoms with Crippen molar-refractivity contribution < 1.29 is 23.2 Å². The lowest BCUT2D eigenvalue weighted by atomic mass is 9.81. The minimum absolute atomic E-state index is 0.00621. The van der Waals surface area contributed by atoms with Crippen LogP contribution in [0.5, 0.6) is 0 Å². The second-order valence-electron chi connectivity index (χ2n) is 18.4. The Bertz CT molecular complexity index is 1410. The summed E-state index contributed by atoms with van der Waals surface area (Å²) in [7, 11) is -2.60. The molecule has 1 rings (SSSR count). The number of amides is 2. The maximum atomic E-state index is 13.2. The molecule has 53 heavy (non-hydrogen) atoms. The predicted octanol–water partition coefficient (Wildman–Crippen LogP) is 11.7. The van der Waals surface area contributed by atoms with Crippen LogP contribution in [-0.4, -0.2) is 54.0 Å². The third-order valence-electron chi connectivity index (χ3n) is 11.6.